The molecule has 20 heavy (non-hydrogen) atoms. The largest absolute Gasteiger partial charge is 0.465 e. The van der Waals surface area contributed by atoms with Gasteiger partial charge in [0.2, 0.25) is 0 Å². The zero-order valence-electron chi connectivity index (χ0n) is 12.5. The molecule has 1 aromatic heterocycles. The van der Waals surface area contributed by atoms with E-state index in [1.807, 2.05) is 11.8 Å². The highest BCUT2D eigenvalue weighted by Crippen LogP contribution is 2.16. The minimum absolute atomic E-state index is 0.121. The molecule has 0 radical (unpaired) electrons. The fraction of sp³-hybridized carbons (Fsp3) is 0.571. The fourth-order valence-electron chi connectivity index (χ4n) is 1.90. The second kappa shape index (κ2) is 8.50. The predicted molar refractivity (Wildman–Crippen MR) is 76.1 cm³/mol. The Bertz CT molecular complexity index is 425. The van der Waals surface area contributed by atoms with Crippen LogP contribution in [0.5, 0.6) is 0 Å². The van der Waals surface area contributed by atoms with Gasteiger partial charge in [-0.1, -0.05) is 0 Å². The molecule has 6 heteroatoms. The number of hydrogen-bond donors (Lipinski definition) is 0. The normalized spacial score (nSPS) is 12.0. The van der Waals surface area contributed by atoms with E-state index in [0.29, 0.717) is 31.1 Å². The number of methoxy groups -OCH3 is 3. The van der Waals surface area contributed by atoms with Crippen LogP contribution >= 0.6 is 0 Å². The molecule has 1 unspecified atom stereocenters. The average Bonchev–Trinajstić information content (AvgIpc) is 2.47. The lowest BCUT2D eigenvalue weighted by Gasteiger charge is -2.29. The van der Waals surface area contributed by atoms with Crippen molar-refractivity contribution < 1.29 is 19.0 Å². The summed E-state index contributed by atoms with van der Waals surface area (Å²) >= 11 is 0. The lowest BCUT2D eigenvalue weighted by atomic mass is 10.2. The summed E-state index contributed by atoms with van der Waals surface area (Å²) in [6, 6.07) is 3.47. The molecular formula is C14H22N2O4. The van der Waals surface area contributed by atoms with Crippen LogP contribution in [-0.2, 0) is 14.2 Å². The molecule has 1 aromatic rings. The summed E-state index contributed by atoms with van der Waals surface area (Å²) in [6.45, 7) is 3.83. The second-order valence-electron chi connectivity index (χ2n) is 4.38. The highest BCUT2D eigenvalue weighted by molar-refractivity contribution is 5.90. The first-order valence-electron chi connectivity index (χ1n) is 6.43. The standard InChI is InChI=1S/C14H22N2O4/c1-11(10-19-3)16(7-8-18-2)13-9-12(5-6-15-13)14(17)20-4/h5-6,9,11H,7-8,10H2,1-4H3. The van der Waals surface area contributed by atoms with Crippen molar-refractivity contribution in [3.8, 4) is 0 Å². The molecule has 0 fully saturated rings. The number of pyridine rings is 1. The average molecular weight is 282 g/mol. The van der Waals surface area contributed by atoms with Crippen LogP contribution in [0.3, 0.4) is 0 Å². The number of carbonyl (C=O) groups is 1. The van der Waals surface area contributed by atoms with Crippen molar-refractivity contribution in [1.29, 1.82) is 0 Å². The smallest absolute Gasteiger partial charge is 0.338 e. The van der Waals surface area contributed by atoms with Crippen molar-refractivity contribution in [3.05, 3.63) is 23.9 Å². The van der Waals surface area contributed by atoms with E-state index >= 15 is 0 Å². The van der Waals surface area contributed by atoms with Crippen LogP contribution in [0.25, 0.3) is 0 Å². The Morgan fingerprint density at radius 1 is 1.35 bits per heavy atom. The number of esters is 1. The van der Waals surface area contributed by atoms with E-state index in [2.05, 4.69) is 4.98 Å². The van der Waals surface area contributed by atoms with Crippen molar-refractivity contribution in [2.75, 3.05) is 46.0 Å². The highest BCUT2D eigenvalue weighted by atomic mass is 16.5. The van der Waals surface area contributed by atoms with Gasteiger partial charge in [-0.2, -0.15) is 0 Å². The maximum Gasteiger partial charge on any atom is 0.338 e. The third kappa shape index (κ3) is 4.47. The zero-order chi connectivity index (χ0) is 15.0. The lowest BCUT2D eigenvalue weighted by molar-refractivity contribution is 0.0600. The molecule has 0 aliphatic heterocycles. The van der Waals surface area contributed by atoms with Crippen molar-refractivity contribution in [2.45, 2.75) is 13.0 Å². The third-order valence-electron chi connectivity index (χ3n) is 2.94. The Morgan fingerprint density at radius 2 is 2.10 bits per heavy atom. The van der Waals surface area contributed by atoms with Crippen LogP contribution in [0.15, 0.2) is 18.3 Å². The topological polar surface area (TPSA) is 60.9 Å². The molecule has 0 aliphatic carbocycles. The molecule has 0 amide bonds. The first-order valence-corrected chi connectivity index (χ1v) is 6.43. The molecule has 0 aliphatic rings. The van der Waals surface area contributed by atoms with Crippen molar-refractivity contribution in [3.63, 3.8) is 0 Å². The quantitative estimate of drug-likeness (QED) is 0.671. The first-order chi connectivity index (χ1) is 9.63. The molecular weight excluding hydrogens is 260 g/mol. The van der Waals surface area contributed by atoms with Crippen molar-refractivity contribution in [1.82, 2.24) is 4.98 Å². The number of hydrogen-bond acceptors (Lipinski definition) is 6. The van der Waals surface area contributed by atoms with Gasteiger partial charge in [0, 0.05) is 27.0 Å². The predicted octanol–water partition coefficient (Wildman–Crippen LogP) is 1.36. The van der Waals surface area contributed by atoms with Crippen LogP contribution in [0, 0.1) is 0 Å². The maximum atomic E-state index is 11.6. The summed E-state index contributed by atoms with van der Waals surface area (Å²) in [5.74, 6) is 0.328. The molecule has 0 spiro atoms. The molecule has 0 saturated carbocycles. The van der Waals surface area contributed by atoms with Gasteiger partial charge in [0.25, 0.3) is 0 Å². The van der Waals surface area contributed by atoms with Crippen LogP contribution in [0.1, 0.15) is 17.3 Å². The fourth-order valence-corrected chi connectivity index (χ4v) is 1.90. The van der Waals surface area contributed by atoms with E-state index in [0.717, 1.165) is 0 Å². The Kier molecular flexibility index (Phi) is 6.97. The SMILES string of the molecule is COCCN(c1cc(C(=O)OC)ccn1)C(C)COC. The van der Waals surface area contributed by atoms with Crippen molar-refractivity contribution >= 4 is 11.8 Å². The monoisotopic (exact) mass is 282 g/mol. The van der Waals surface area contributed by atoms with Gasteiger partial charge in [-0.15, -0.1) is 0 Å². The summed E-state index contributed by atoms with van der Waals surface area (Å²) in [7, 11) is 4.67. The summed E-state index contributed by atoms with van der Waals surface area (Å²) in [6.07, 6.45) is 1.60. The number of rotatable bonds is 8. The Hall–Kier alpha value is -1.66. The zero-order valence-corrected chi connectivity index (χ0v) is 12.5. The van der Waals surface area contributed by atoms with Gasteiger partial charge in [0.05, 0.1) is 31.9 Å². The molecule has 0 N–H and O–H groups in total. The van der Waals surface area contributed by atoms with Gasteiger partial charge < -0.3 is 19.1 Å². The van der Waals surface area contributed by atoms with Gasteiger partial charge >= 0.3 is 5.97 Å². The maximum absolute atomic E-state index is 11.6. The Balaban J connectivity index is 2.97. The summed E-state index contributed by atoms with van der Waals surface area (Å²) in [5, 5.41) is 0. The van der Waals surface area contributed by atoms with Gasteiger partial charge in [0.15, 0.2) is 0 Å². The number of anilines is 1. The van der Waals surface area contributed by atoms with E-state index in [1.54, 1.807) is 32.5 Å². The van der Waals surface area contributed by atoms with Gasteiger partial charge in [-0.25, -0.2) is 9.78 Å². The molecule has 1 heterocycles. The van der Waals surface area contributed by atoms with Crippen LogP contribution < -0.4 is 4.90 Å². The Morgan fingerprint density at radius 3 is 2.70 bits per heavy atom. The highest BCUT2D eigenvalue weighted by Gasteiger charge is 2.17. The molecule has 0 bridgehead atoms. The number of carbonyl (C=O) groups excluding carboxylic acids is 1. The molecule has 0 saturated heterocycles. The molecule has 0 aromatic carbocycles. The van der Waals surface area contributed by atoms with Gasteiger partial charge in [-0.3, -0.25) is 0 Å². The molecule has 112 valence electrons. The minimum atomic E-state index is -0.375. The van der Waals surface area contributed by atoms with Crippen LogP contribution in [0.4, 0.5) is 5.82 Å². The van der Waals surface area contributed by atoms with Crippen LogP contribution in [0.2, 0.25) is 0 Å². The van der Waals surface area contributed by atoms with Gasteiger partial charge in [-0.05, 0) is 19.1 Å². The number of ether oxygens (including phenoxy) is 3. The summed E-state index contributed by atoms with van der Waals surface area (Å²) < 4.78 is 15.0. The lowest BCUT2D eigenvalue weighted by Crippen LogP contribution is -2.39. The molecule has 6 nitrogen and oxygen atoms in total. The number of nitrogens with zero attached hydrogens (tertiary/aromatic N) is 2. The van der Waals surface area contributed by atoms with E-state index in [9.17, 15) is 4.79 Å². The second-order valence-corrected chi connectivity index (χ2v) is 4.38. The molecule has 1 rings (SSSR count). The molecule has 1 atom stereocenters. The number of aromatic nitrogens is 1. The van der Waals surface area contributed by atoms with Gasteiger partial charge in [0.1, 0.15) is 5.82 Å². The summed E-state index contributed by atoms with van der Waals surface area (Å²) in [5.41, 5.74) is 0.476. The minimum Gasteiger partial charge on any atom is -0.465 e. The van der Waals surface area contributed by atoms with Crippen LogP contribution in [-0.4, -0.2) is 58.1 Å². The summed E-state index contributed by atoms with van der Waals surface area (Å²) in [4.78, 5) is 17.9. The van der Waals surface area contributed by atoms with E-state index in [-0.39, 0.29) is 12.0 Å². The van der Waals surface area contributed by atoms with Crippen molar-refractivity contribution in [2.24, 2.45) is 0 Å². The van der Waals surface area contributed by atoms with E-state index < -0.39 is 0 Å². The van der Waals surface area contributed by atoms with E-state index in [4.69, 9.17) is 14.2 Å². The third-order valence-corrected chi connectivity index (χ3v) is 2.94. The Labute approximate surface area is 119 Å². The van der Waals surface area contributed by atoms with E-state index in [1.165, 1.54) is 7.11 Å². The first kappa shape index (κ1) is 16.4.